The smallest absolute Gasteiger partial charge is 0.242 e. The van der Waals surface area contributed by atoms with Crippen LogP contribution in [-0.4, -0.2) is 49.5 Å². The van der Waals surface area contributed by atoms with E-state index in [0.29, 0.717) is 6.54 Å². The van der Waals surface area contributed by atoms with Crippen molar-refractivity contribution in [3.63, 3.8) is 0 Å². The summed E-state index contributed by atoms with van der Waals surface area (Å²) in [6.45, 7) is 2.24. The number of amides is 1. The van der Waals surface area contributed by atoms with Crippen molar-refractivity contribution in [2.75, 3.05) is 43.9 Å². The molecule has 0 unspecified atom stereocenters. The second kappa shape index (κ2) is 5.71. The average Bonchev–Trinajstić information content (AvgIpc) is 2.92. The van der Waals surface area contributed by atoms with Gasteiger partial charge in [0.2, 0.25) is 5.91 Å². The second-order valence-corrected chi connectivity index (χ2v) is 4.59. The zero-order valence-electron chi connectivity index (χ0n) is 11.0. The van der Waals surface area contributed by atoms with Crippen LogP contribution in [-0.2, 0) is 4.79 Å². The van der Waals surface area contributed by atoms with Crippen LogP contribution >= 0.6 is 0 Å². The number of hydrogen-bond donors (Lipinski definition) is 1. The van der Waals surface area contributed by atoms with Crippen molar-refractivity contribution in [1.29, 1.82) is 0 Å². The van der Waals surface area contributed by atoms with E-state index in [-0.39, 0.29) is 5.91 Å². The summed E-state index contributed by atoms with van der Waals surface area (Å²) in [4.78, 5) is 20.1. The molecule has 1 fully saturated rings. The molecule has 1 aliphatic heterocycles. The Bertz CT molecular complexity index is 415. The molecular weight excluding hydrogens is 228 g/mol. The molecule has 2 rings (SSSR count). The van der Waals surface area contributed by atoms with Crippen LogP contribution in [0, 0.1) is 0 Å². The summed E-state index contributed by atoms with van der Waals surface area (Å²) in [5, 5.41) is 3.00. The lowest BCUT2D eigenvalue weighted by Gasteiger charge is -2.23. The Balaban J connectivity index is 1.97. The Kier molecular flexibility index (Phi) is 4.02. The number of pyridine rings is 1. The third-order valence-corrected chi connectivity index (χ3v) is 3.27. The molecule has 2 heterocycles. The van der Waals surface area contributed by atoms with Gasteiger partial charge in [0.05, 0.1) is 6.54 Å². The molecule has 1 saturated heterocycles. The second-order valence-electron chi connectivity index (χ2n) is 4.59. The van der Waals surface area contributed by atoms with Gasteiger partial charge in [-0.05, 0) is 18.9 Å². The molecule has 0 atom stereocenters. The van der Waals surface area contributed by atoms with Crippen molar-refractivity contribution >= 4 is 17.4 Å². The van der Waals surface area contributed by atoms with Gasteiger partial charge in [0.1, 0.15) is 5.82 Å². The molecule has 0 spiro atoms. The van der Waals surface area contributed by atoms with Gasteiger partial charge in [0.15, 0.2) is 0 Å². The van der Waals surface area contributed by atoms with E-state index < -0.39 is 0 Å². The molecular formula is C13H20N4O. The normalized spacial score (nSPS) is 14.7. The number of nitrogens with zero attached hydrogens (tertiary/aromatic N) is 3. The lowest BCUT2D eigenvalue weighted by Crippen LogP contribution is -2.37. The minimum atomic E-state index is 0.206. The molecule has 1 aromatic heterocycles. The molecule has 5 nitrogen and oxygen atoms in total. The van der Waals surface area contributed by atoms with Gasteiger partial charge >= 0.3 is 0 Å². The maximum absolute atomic E-state index is 12.0. The molecule has 1 aliphatic rings. The van der Waals surface area contributed by atoms with Crippen LogP contribution in [0.15, 0.2) is 18.3 Å². The zero-order valence-corrected chi connectivity index (χ0v) is 11.0. The Morgan fingerprint density at radius 1 is 1.50 bits per heavy atom. The molecule has 5 heteroatoms. The molecule has 1 N–H and O–H groups in total. The van der Waals surface area contributed by atoms with E-state index in [1.165, 1.54) is 0 Å². The van der Waals surface area contributed by atoms with Gasteiger partial charge in [-0.2, -0.15) is 0 Å². The molecule has 0 bridgehead atoms. The fourth-order valence-electron chi connectivity index (χ4n) is 2.15. The summed E-state index contributed by atoms with van der Waals surface area (Å²) in [7, 11) is 3.77. The fourth-order valence-corrected chi connectivity index (χ4v) is 2.15. The SMILES string of the molecule is CNc1cc(N(C)CC(=O)N2CCCC2)ccn1. The van der Waals surface area contributed by atoms with Crippen LogP contribution in [0.4, 0.5) is 11.5 Å². The predicted molar refractivity (Wildman–Crippen MR) is 72.9 cm³/mol. The van der Waals surface area contributed by atoms with E-state index in [1.807, 2.05) is 36.0 Å². The van der Waals surface area contributed by atoms with Crippen LogP contribution in [0.5, 0.6) is 0 Å². The highest BCUT2D eigenvalue weighted by molar-refractivity contribution is 5.81. The fraction of sp³-hybridized carbons (Fsp3) is 0.538. The molecule has 18 heavy (non-hydrogen) atoms. The van der Waals surface area contributed by atoms with Crippen molar-refractivity contribution in [2.45, 2.75) is 12.8 Å². The number of nitrogens with one attached hydrogen (secondary N) is 1. The van der Waals surface area contributed by atoms with E-state index in [0.717, 1.165) is 37.4 Å². The summed E-state index contributed by atoms with van der Waals surface area (Å²) in [6.07, 6.45) is 4.02. The standard InChI is InChI=1S/C13H20N4O/c1-14-12-9-11(5-6-15-12)16(2)10-13(18)17-7-3-4-8-17/h5-6,9H,3-4,7-8,10H2,1-2H3,(H,14,15). The first-order valence-electron chi connectivity index (χ1n) is 6.33. The summed E-state index contributed by atoms with van der Waals surface area (Å²) >= 11 is 0. The highest BCUT2D eigenvalue weighted by Gasteiger charge is 2.19. The van der Waals surface area contributed by atoms with Gasteiger partial charge in [-0.1, -0.05) is 0 Å². The van der Waals surface area contributed by atoms with E-state index in [9.17, 15) is 4.79 Å². The molecule has 0 aliphatic carbocycles. The summed E-state index contributed by atoms with van der Waals surface area (Å²) < 4.78 is 0. The molecule has 1 aromatic rings. The summed E-state index contributed by atoms with van der Waals surface area (Å²) in [6, 6.07) is 3.86. The maximum atomic E-state index is 12.0. The topological polar surface area (TPSA) is 48.5 Å². The van der Waals surface area contributed by atoms with E-state index >= 15 is 0 Å². The van der Waals surface area contributed by atoms with Gasteiger partial charge in [-0.25, -0.2) is 4.98 Å². The van der Waals surface area contributed by atoms with Crippen LogP contribution in [0.25, 0.3) is 0 Å². The minimum absolute atomic E-state index is 0.206. The summed E-state index contributed by atoms with van der Waals surface area (Å²) in [5.74, 6) is 1.02. The van der Waals surface area contributed by atoms with Crippen LogP contribution in [0.3, 0.4) is 0 Å². The van der Waals surface area contributed by atoms with E-state index in [4.69, 9.17) is 0 Å². The predicted octanol–water partition coefficient (Wildman–Crippen LogP) is 1.18. The van der Waals surface area contributed by atoms with Gasteiger partial charge < -0.3 is 15.1 Å². The maximum Gasteiger partial charge on any atom is 0.242 e. The van der Waals surface area contributed by atoms with Crippen LogP contribution < -0.4 is 10.2 Å². The minimum Gasteiger partial charge on any atom is -0.373 e. The highest BCUT2D eigenvalue weighted by Crippen LogP contribution is 2.16. The van der Waals surface area contributed by atoms with Crippen LogP contribution in [0.2, 0.25) is 0 Å². The third kappa shape index (κ3) is 2.91. The van der Waals surface area contributed by atoms with Gasteiger partial charge in [-0.3, -0.25) is 4.79 Å². The summed E-state index contributed by atoms with van der Waals surface area (Å²) in [5.41, 5.74) is 1.00. The van der Waals surface area contributed by atoms with Crippen molar-refractivity contribution in [3.05, 3.63) is 18.3 Å². The van der Waals surface area contributed by atoms with E-state index in [1.54, 1.807) is 6.20 Å². The number of likely N-dealkylation sites (N-methyl/N-ethyl adjacent to an activating group) is 1. The van der Waals surface area contributed by atoms with Crippen molar-refractivity contribution in [2.24, 2.45) is 0 Å². The number of rotatable bonds is 4. The number of anilines is 2. The third-order valence-electron chi connectivity index (χ3n) is 3.27. The molecule has 0 radical (unpaired) electrons. The van der Waals surface area contributed by atoms with Gasteiger partial charge in [0.25, 0.3) is 0 Å². The monoisotopic (exact) mass is 248 g/mol. The first kappa shape index (κ1) is 12.7. The van der Waals surface area contributed by atoms with E-state index in [2.05, 4.69) is 10.3 Å². The first-order chi connectivity index (χ1) is 8.70. The Labute approximate surface area is 108 Å². The zero-order chi connectivity index (χ0) is 13.0. The Morgan fingerprint density at radius 3 is 2.89 bits per heavy atom. The largest absolute Gasteiger partial charge is 0.373 e. The van der Waals surface area contributed by atoms with Gasteiger partial charge in [-0.15, -0.1) is 0 Å². The number of hydrogen-bond acceptors (Lipinski definition) is 4. The van der Waals surface area contributed by atoms with Crippen LogP contribution in [0.1, 0.15) is 12.8 Å². The average molecular weight is 248 g/mol. The molecule has 0 aromatic carbocycles. The first-order valence-corrected chi connectivity index (χ1v) is 6.33. The van der Waals surface area contributed by atoms with Crippen molar-refractivity contribution in [1.82, 2.24) is 9.88 Å². The quantitative estimate of drug-likeness (QED) is 0.869. The number of aromatic nitrogens is 1. The molecule has 0 saturated carbocycles. The van der Waals surface area contributed by atoms with Gasteiger partial charge in [0, 0.05) is 45.1 Å². The Morgan fingerprint density at radius 2 is 2.22 bits per heavy atom. The molecule has 98 valence electrons. The number of carbonyl (C=O) groups excluding carboxylic acids is 1. The lowest BCUT2D eigenvalue weighted by atomic mass is 10.3. The Hall–Kier alpha value is -1.78. The van der Waals surface area contributed by atoms with Crippen molar-refractivity contribution in [3.8, 4) is 0 Å². The highest BCUT2D eigenvalue weighted by atomic mass is 16.2. The lowest BCUT2D eigenvalue weighted by molar-refractivity contribution is -0.128. The number of likely N-dealkylation sites (tertiary alicyclic amines) is 1. The molecule has 1 amide bonds. The van der Waals surface area contributed by atoms with Crippen molar-refractivity contribution < 1.29 is 4.79 Å². The number of carbonyl (C=O) groups is 1.